The molecule has 0 saturated heterocycles. The van der Waals surface area contributed by atoms with Crippen LogP contribution in [0, 0.1) is 22.9 Å². The van der Waals surface area contributed by atoms with Crippen molar-refractivity contribution in [1.29, 1.82) is 0 Å². The predicted molar refractivity (Wildman–Crippen MR) is 131 cm³/mol. The molecule has 1 aliphatic carbocycles. The van der Waals surface area contributed by atoms with Crippen molar-refractivity contribution in [2.75, 3.05) is 5.32 Å². The molecule has 0 radical (unpaired) electrons. The van der Waals surface area contributed by atoms with Gasteiger partial charge in [-0.1, -0.05) is 12.1 Å². The molecule has 3 aromatic carbocycles. The minimum Gasteiger partial charge on any atom is -0.343 e. The second kappa shape index (κ2) is 8.88. The molecule has 182 valence electrons. The molecule has 4 aromatic rings. The van der Waals surface area contributed by atoms with E-state index in [2.05, 4.69) is 20.8 Å². The van der Waals surface area contributed by atoms with Gasteiger partial charge in [0.1, 0.15) is 5.82 Å². The SMILES string of the molecule is Cc1cc(C(=O)NC2(c3ccc(NC(=O)c4ccc([N+](=O)[O-])cc4F)cc3)CCC2)cc2cn[nH]c12. The molecule has 36 heavy (non-hydrogen) atoms. The Balaban J connectivity index is 1.31. The molecule has 1 saturated carbocycles. The third kappa shape index (κ3) is 4.17. The molecule has 1 heterocycles. The summed E-state index contributed by atoms with van der Waals surface area (Å²) in [5, 5.41) is 24.4. The Morgan fingerprint density at radius 2 is 1.83 bits per heavy atom. The van der Waals surface area contributed by atoms with Gasteiger partial charge in [0.05, 0.1) is 33.8 Å². The maximum absolute atomic E-state index is 14.2. The van der Waals surface area contributed by atoms with Gasteiger partial charge in [0.15, 0.2) is 0 Å². The van der Waals surface area contributed by atoms with E-state index in [1.54, 1.807) is 18.3 Å². The maximum Gasteiger partial charge on any atom is 0.272 e. The zero-order valence-corrected chi connectivity index (χ0v) is 19.3. The molecule has 10 heteroatoms. The van der Waals surface area contributed by atoms with Gasteiger partial charge in [0.2, 0.25) is 0 Å². The highest BCUT2D eigenvalue weighted by molar-refractivity contribution is 6.04. The quantitative estimate of drug-likeness (QED) is 0.261. The molecule has 9 nitrogen and oxygen atoms in total. The number of rotatable bonds is 6. The second-order valence-electron chi connectivity index (χ2n) is 8.97. The number of hydrogen-bond donors (Lipinski definition) is 3. The van der Waals surface area contributed by atoms with Gasteiger partial charge in [-0.2, -0.15) is 5.10 Å². The van der Waals surface area contributed by atoms with Crippen LogP contribution in [-0.2, 0) is 5.54 Å². The first-order valence-corrected chi connectivity index (χ1v) is 11.4. The monoisotopic (exact) mass is 487 g/mol. The summed E-state index contributed by atoms with van der Waals surface area (Å²) < 4.78 is 14.2. The second-order valence-corrected chi connectivity index (χ2v) is 8.97. The van der Waals surface area contributed by atoms with Gasteiger partial charge in [-0.05, 0) is 67.6 Å². The summed E-state index contributed by atoms with van der Waals surface area (Å²) in [6, 6.07) is 13.5. The van der Waals surface area contributed by atoms with Crippen LogP contribution in [0.2, 0.25) is 0 Å². The van der Waals surface area contributed by atoms with E-state index in [1.165, 1.54) is 0 Å². The van der Waals surface area contributed by atoms with E-state index < -0.39 is 27.9 Å². The number of nitrogens with zero attached hydrogens (tertiary/aromatic N) is 2. The number of carbonyl (C=O) groups is 2. The number of anilines is 1. The van der Waals surface area contributed by atoms with Gasteiger partial charge >= 0.3 is 0 Å². The van der Waals surface area contributed by atoms with Crippen LogP contribution in [0.3, 0.4) is 0 Å². The van der Waals surface area contributed by atoms with E-state index in [-0.39, 0.29) is 11.5 Å². The molecule has 0 aliphatic heterocycles. The van der Waals surface area contributed by atoms with Crippen molar-refractivity contribution in [3.05, 3.63) is 99.0 Å². The molecular formula is C26H22FN5O4. The highest BCUT2D eigenvalue weighted by Crippen LogP contribution is 2.42. The number of fused-ring (bicyclic) bond motifs is 1. The molecule has 1 aliphatic rings. The van der Waals surface area contributed by atoms with E-state index >= 15 is 0 Å². The molecule has 0 unspecified atom stereocenters. The number of nitrogens with one attached hydrogen (secondary N) is 3. The number of non-ortho nitro benzene ring substituents is 1. The van der Waals surface area contributed by atoms with Crippen LogP contribution in [0.5, 0.6) is 0 Å². The number of hydrogen-bond acceptors (Lipinski definition) is 5. The lowest BCUT2D eigenvalue weighted by atomic mass is 9.71. The molecular weight excluding hydrogens is 465 g/mol. The lowest BCUT2D eigenvalue weighted by molar-refractivity contribution is -0.385. The molecule has 2 amide bonds. The summed E-state index contributed by atoms with van der Waals surface area (Å²) in [7, 11) is 0. The number of carbonyl (C=O) groups excluding carboxylic acids is 2. The Morgan fingerprint density at radius 3 is 2.47 bits per heavy atom. The standard InChI is InChI=1S/C26H22FN5O4/c1-15-11-16(12-17-14-28-31-23(15)17)24(33)30-26(9-2-10-26)18-3-5-19(6-4-18)29-25(34)21-8-7-20(32(35)36)13-22(21)27/h3-8,11-14H,2,9-10H2,1H3,(H,28,31)(H,29,34)(H,30,33). The van der Waals surface area contributed by atoms with Crippen LogP contribution in [0.4, 0.5) is 15.8 Å². The summed E-state index contributed by atoms with van der Waals surface area (Å²) in [5.74, 6) is -1.86. The van der Waals surface area contributed by atoms with E-state index in [1.807, 2.05) is 31.2 Å². The third-order valence-corrected chi connectivity index (χ3v) is 6.67. The number of H-pyrrole nitrogens is 1. The van der Waals surface area contributed by atoms with Crippen LogP contribution < -0.4 is 10.6 Å². The average molecular weight is 487 g/mol. The minimum absolute atomic E-state index is 0.174. The Kier molecular flexibility index (Phi) is 5.71. The summed E-state index contributed by atoms with van der Waals surface area (Å²) in [6.45, 7) is 1.92. The Labute approximate surface area is 204 Å². The van der Waals surface area contributed by atoms with Gasteiger partial charge in [-0.25, -0.2) is 4.39 Å². The fraction of sp³-hybridized carbons (Fsp3) is 0.192. The van der Waals surface area contributed by atoms with Gasteiger partial charge in [0, 0.05) is 22.7 Å². The van der Waals surface area contributed by atoms with Crippen molar-refractivity contribution in [3.8, 4) is 0 Å². The third-order valence-electron chi connectivity index (χ3n) is 6.67. The van der Waals surface area contributed by atoms with Crippen LogP contribution in [0.15, 0.2) is 60.8 Å². The summed E-state index contributed by atoms with van der Waals surface area (Å²) >= 11 is 0. The van der Waals surface area contributed by atoms with Crippen LogP contribution >= 0.6 is 0 Å². The normalized spacial score (nSPS) is 14.2. The van der Waals surface area contributed by atoms with Crippen LogP contribution in [-0.4, -0.2) is 26.9 Å². The van der Waals surface area contributed by atoms with E-state index in [4.69, 9.17) is 0 Å². The predicted octanol–water partition coefficient (Wildman–Crippen LogP) is 4.98. The molecule has 1 fully saturated rings. The molecule has 0 bridgehead atoms. The van der Waals surface area contributed by atoms with Crippen molar-refractivity contribution < 1.29 is 18.9 Å². The molecule has 1 aromatic heterocycles. The molecule has 0 spiro atoms. The largest absolute Gasteiger partial charge is 0.343 e. The number of nitro benzene ring substituents is 1. The number of aryl methyl sites for hydroxylation is 1. The lowest BCUT2D eigenvalue weighted by Crippen LogP contribution is -2.50. The first kappa shape index (κ1) is 23.2. The van der Waals surface area contributed by atoms with E-state index in [0.717, 1.165) is 53.4 Å². The topological polar surface area (TPSA) is 130 Å². The van der Waals surface area contributed by atoms with Crippen molar-refractivity contribution in [2.24, 2.45) is 0 Å². The number of amides is 2. The highest BCUT2D eigenvalue weighted by Gasteiger charge is 2.40. The summed E-state index contributed by atoms with van der Waals surface area (Å²) in [6.07, 6.45) is 4.22. The zero-order chi connectivity index (χ0) is 25.4. The van der Waals surface area contributed by atoms with E-state index in [0.29, 0.717) is 17.3 Å². The Morgan fingerprint density at radius 1 is 1.08 bits per heavy atom. The zero-order valence-electron chi connectivity index (χ0n) is 19.3. The highest BCUT2D eigenvalue weighted by atomic mass is 19.1. The van der Waals surface area contributed by atoms with Gasteiger partial charge < -0.3 is 10.6 Å². The average Bonchev–Trinajstić information content (AvgIpc) is 3.31. The van der Waals surface area contributed by atoms with Crippen LogP contribution in [0.25, 0.3) is 10.9 Å². The van der Waals surface area contributed by atoms with Crippen molar-refractivity contribution in [3.63, 3.8) is 0 Å². The van der Waals surface area contributed by atoms with Crippen LogP contribution in [0.1, 0.15) is 51.1 Å². The minimum atomic E-state index is -0.974. The summed E-state index contributed by atoms with van der Waals surface area (Å²) in [5.41, 5.74) is 2.49. The van der Waals surface area contributed by atoms with Gasteiger partial charge in [-0.3, -0.25) is 24.8 Å². The fourth-order valence-electron chi connectivity index (χ4n) is 4.54. The fourth-order valence-corrected chi connectivity index (χ4v) is 4.54. The Bertz CT molecular complexity index is 1510. The summed E-state index contributed by atoms with van der Waals surface area (Å²) in [4.78, 5) is 35.7. The number of aromatic amines is 1. The maximum atomic E-state index is 14.2. The van der Waals surface area contributed by atoms with Gasteiger partial charge in [0.25, 0.3) is 17.5 Å². The lowest BCUT2D eigenvalue weighted by Gasteiger charge is -2.43. The molecule has 5 rings (SSSR count). The number of aromatic nitrogens is 2. The number of nitro groups is 1. The molecule has 0 atom stereocenters. The Hall–Kier alpha value is -4.60. The van der Waals surface area contributed by atoms with E-state index in [9.17, 15) is 24.1 Å². The first-order valence-electron chi connectivity index (χ1n) is 11.4. The number of halogens is 1. The number of benzene rings is 3. The van der Waals surface area contributed by atoms with Crippen molar-refractivity contribution >= 4 is 34.1 Å². The van der Waals surface area contributed by atoms with Gasteiger partial charge in [-0.15, -0.1) is 0 Å². The van der Waals surface area contributed by atoms with Crippen molar-refractivity contribution in [1.82, 2.24) is 15.5 Å². The van der Waals surface area contributed by atoms with Crippen molar-refractivity contribution in [2.45, 2.75) is 31.7 Å². The molecule has 3 N–H and O–H groups in total. The smallest absolute Gasteiger partial charge is 0.272 e. The first-order chi connectivity index (χ1) is 17.3.